The van der Waals surface area contributed by atoms with Crippen LogP contribution in [-0.2, 0) is 4.79 Å². The van der Waals surface area contributed by atoms with Crippen molar-refractivity contribution in [2.24, 2.45) is 0 Å². The van der Waals surface area contributed by atoms with E-state index in [-0.39, 0.29) is 17.7 Å². The molecule has 0 fully saturated rings. The quantitative estimate of drug-likeness (QED) is 0.555. The van der Waals surface area contributed by atoms with Gasteiger partial charge in [0.05, 0.1) is 6.10 Å². The molecule has 5 nitrogen and oxygen atoms in total. The largest absolute Gasteiger partial charge is 0.508 e. The maximum absolute atomic E-state index is 11.6. The molecular weight excluding hydrogens is 268 g/mol. The first-order valence-corrected chi connectivity index (χ1v) is 7.52. The summed E-state index contributed by atoms with van der Waals surface area (Å²) in [5.41, 5.74) is 1.37. The van der Waals surface area contributed by atoms with Crippen LogP contribution in [0.5, 0.6) is 5.75 Å². The molecule has 118 valence electrons. The molecule has 1 aromatic carbocycles. The minimum atomic E-state index is -0.401. The van der Waals surface area contributed by atoms with Crippen LogP contribution in [-0.4, -0.2) is 28.8 Å². The number of rotatable bonds is 8. The summed E-state index contributed by atoms with van der Waals surface area (Å²) in [5.74, 6) is 0.144. The molecule has 0 bridgehead atoms. The van der Waals surface area contributed by atoms with Crippen molar-refractivity contribution in [1.82, 2.24) is 5.32 Å². The van der Waals surface area contributed by atoms with E-state index in [1.165, 1.54) is 0 Å². The Hall–Kier alpha value is -1.59. The summed E-state index contributed by atoms with van der Waals surface area (Å²) in [6, 6.07) is 4.90. The zero-order chi connectivity index (χ0) is 15.8. The molecule has 0 spiro atoms. The Labute approximate surface area is 126 Å². The van der Waals surface area contributed by atoms with Gasteiger partial charge in [-0.15, -0.1) is 0 Å². The monoisotopic (exact) mass is 294 g/mol. The van der Waals surface area contributed by atoms with Gasteiger partial charge >= 0.3 is 0 Å². The molecule has 1 amide bonds. The maximum atomic E-state index is 11.6. The Bertz CT molecular complexity index is 463. The summed E-state index contributed by atoms with van der Waals surface area (Å²) in [4.78, 5) is 11.6. The van der Waals surface area contributed by atoms with E-state index in [9.17, 15) is 15.0 Å². The molecule has 2 unspecified atom stereocenters. The minimum Gasteiger partial charge on any atom is -0.508 e. The van der Waals surface area contributed by atoms with Crippen molar-refractivity contribution in [2.75, 3.05) is 11.9 Å². The number of carbonyl (C=O) groups excluding carboxylic acids is 1. The molecule has 1 aromatic rings. The molecule has 0 aliphatic rings. The molecule has 5 heteroatoms. The van der Waals surface area contributed by atoms with E-state index in [1.807, 2.05) is 20.8 Å². The lowest BCUT2D eigenvalue weighted by Crippen LogP contribution is -2.28. The van der Waals surface area contributed by atoms with Gasteiger partial charge in [0.1, 0.15) is 5.75 Å². The number of hydrogen-bond donors (Lipinski definition) is 4. The van der Waals surface area contributed by atoms with Crippen LogP contribution in [0, 0.1) is 0 Å². The van der Waals surface area contributed by atoms with Crippen LogP contribution in [0.1, 0.15) is 51.6 Å². The summed E-state index contributed by atoms with van der Waals surface area (Å²) in [5, 5.41) is 25.5. The van der Waals surface area contributed by atoms with Crippen LogP contribution in [0.2, 0.25) is 0 Å². The Morgan fingerprint density at radius 1 is 1.33 bits per heavy atom. The van der Waals surface area contributed by atoms with Gasteiger partial charge in [-0.2, -0.15) is 0 Å². The van der Waals surface area contributed by atoms with E-state index < -0.39 is 6.10 Å². The molecule has 2 atom stereocenters. The summed E-state index contributed by atoms with van der Waals surface area (Å²) in [6.07, 6.45) is 1.55. The van der Waals surface area contributed by atoms with Crippen LogP contribution in [0.4, 0.5) is 5.69 Å². The number of benzene rings is 1. The molecule has 0 aliphatic heterocycles. The Morgan fingerprint density at radius 2 is 2.05 bits per heavy atom. The van der Waals surface area contributed by atoms with Crippen LogP contribution in [0.25, 0.3) is 0 Å². The fourth-order valence-electron chi connectivity index (χ4n) is 2.00. The lowest BCUT2D eigenvalue weighted by Gasteiger charge is -2.18. The smallest absolute Gasteiger partial charge is 0.224 e. The fourth-order valence-corrected chi connectivity index (χ4v) is 2.00. The zero-order valence-corrected chi connectivity index (χ0v) is 13.0. The van der Waals surface area contributed by atoms with Crippen molar-refractivity contribution in [1.29, 1.82) is 0 Å². The minimum absolute atomic E-state index is 0.0313. The Balaban J connectivity index is 2.74. The van der Waals surface area contributed by atoms with Gasteiger partial charge in [-0.3, -0.25) is 4.79 Å². The number of aliphatic hydroxyl groups is 1. The van der Waals surface area contributed by atoms with Gasteiger partial charge in [0.25, 0.3) is 0 Å². The van der Waals surface area contributed by atoms with Crippen molar-refractivity contribution in [3.05, 3.63) is 23.8 Å². The maximum Gasteiger partial charge on any atom is 0.224 e. The van der Waals surface area contributed by atoms with Gasteiger partial charge in [0.2, 0.25) is 5.91 Å². The Kier molecular flexibility index (Phi) is 7.19. The molecular formula is C16H26N2O3. The first-order valence-electron chi connectivity index (χ1n) is 7.52. The topological polar surface area (TPSA) is 81.6 Å². The molecule has 0 saturated carbocycles. The van der Waals surface area contributed by atoms with Crippen LogP contribution in [0.3, 0.4) is 0 Å². The highest BCUT2D eigenvalue weighted by molar-refractivity contribution is 5.90. The first kappa shape index (κ1) is 17.5. The second-order valence-corrected chi connectivity index (χ2v) is 5.26. The van der Waals surface area contributed by atoms with E-state index in [2.05, 4.69) is 10.6 Å². The average molecular weight is 294 g/mol. The third-order valence-corrected chi connectivity index (χ3v) is 3.39. The van der Waals surface area contributed by atoms with Crippen LogP contribution >= 0.6 is 0 Å². The van der Waals surface area contributed by atoms with Gasteiger partial charge in [-0.25, -0.2) is 0 Å². The average Bonchev–Trinajstić information content (AvgIpc) is 2.46. The van der Waals surface area contributed by atoms with Crippen molar-refractivity contribution in [3.63, 3.8) is 0 Å². The second kappa shape index (κ2) is 8.64. The van der Waals surface area contributed by atoms with Crippen molar-refractivity contribution >= 4 is 11.6 Å². The molecule has 0 saturated heterocycles. The van der Waals surface area contributed by atoms with E-state index in [0.717, 1.165) is 6.42 Å². The highest BCUT2D eigenvalue weighted by Gasteiger charge is 2.13. The van der Waals surface area contributed by atoms with E-state index in [1.54, 1.807) is 18.2 Å². The van der Waals surface area contributed by atoms with Gasteiger partial charge < -0.3 is 20.8 Å². The number of anilines is 1. The number of amides is 1. The second-order valence-electron chi connectivity index (χ2n) is 5.26. The molecule has 21 heavy (non-hydrogen) atoms. The third kappa shape index (κ3) is 5.73. The predicted octanol–water partition coefficient (Wildman–Crippen LogP) is 2.55. The highest BCUT2D eigenvalue weighted by atomic mass is 16.3. The van der Waals surface area contributed by atoms with Crippen molar-refractivity contribution in [3.8, 4) is 5.75 Å². The molecule has 0 heterocycles. The number of phenolic OH excluding ortho intramolecular Hbond substituents is 1. The summed E-state index contributed by atoms with van der Waals surface area (Å²) >= 11 is 0. The number of nitrogens with one attached hydrogen (secondary N) is 2. The zero-order valence-electron chi connectivity index (χ0n) is 13.0. The fraction of sp³-hybridized carbons (Fsp3) is 0.562. The van der Waals surface area contributed by atoms with Crippen molar-refractivity contribution < 1.29 is 15.0 Å². The van der Waals surface area contributed by atoms with Crippen molar-refractivity contribution in [2.45, 2.75) is 52.2 Å². The van der Waals surface area contributed by atoms with E-state index in [4.69, 9.17) is 0 Å². The van der Waals surface area contributed by atoms with Crippen LogP contribution < -0.4 is 10.6 Å². The predicted molar refractivity (Wildman–Crippen MR) is 84.4 cm³/mol. The molecule has 1 rings (SSSR count). The first-order chi connectivity index (χ1) is 9.97. The van der Waals surface area contributed by atoms with Gasteiger partial charge in [-0.1, -0.05) is 13.8 Å². The normalized spacial score (nSPS) is 13.7. The van der Waals surface area contributed by atoms with Crippen LogP contribution in [0.15, 0.2) is 18.2 Å². The number of aromatic hydroxyl groups is 1. The van der Waals surface area contributed by atoms with E-state index in [0.29, 0.717) is 30.6 Å². The molecule has 4 N–H and O–H groups in total. The lowest BCUT2D eigenvalue weighted by atomic mass is 10.1. The Morgan fingerprint density at radius 3 is 2.67 bits per heavy atom. The molecule has 0 aromatic heterocycles. The number of hydrogen-bond acceptors (Lipinski definition) is 4. The highest BCUT2D eigenvalue weighted by Crippen LogP contribution is 2.27. The third-order valence-electron chi connectivity index (χ3n) is 3.39. The SMILES string of the molecule is CCCC(=O)Nc1ccc(O)c(C(C)NCC(O)CC)c1. The summed E-state index contributed by atoms with van der Waals surface area (Å²) in [7, 11) is 0. The molecule has 0 radical (unpaired) electrons. The number of phenols is 1. The lowest BCUT2D eigenvalue weighted by molar-refractivity contribution is -0.116. The summed E-state index contributed by atoms with van der Waals surface area (Å²) < 4.78 is 0. The summed E-state index contributed by atoms with van der Waals surface area (Å²) in [6.45, 7) is 6.24. The number of carbonyl (C=O) groups is 1. The van der Waals surface area contributed by atoms with Gasteiger partial charge in [0.15, 0.2) is 0 Å². The number of aliphatic hydroxyl groups excluding tert-OH is 1. The van der Waals surface area contributed by atoms with Gasteiger partial charge in [0, 0.05) is 30.3 Å². The standard InChI is InChI=1S/C16H26N2O3/c1-4-6-16(21)18-12-7-8-15(20)14(9-12)11(3)17-10-13(19)5-2/h7-9,11,13,17,19-20H,4-6,10H2,1-3H3,(H,18,21). The van der Waals surface area contributed by atoms with Gasteiger partial charge in [-0.05, 0) is 38.0 Å². The van der Waals surface area contributed by atoms with E-state index >= 15 is 0 Å². The molecule has 0 aliphatic carbocycles.